The molecule has 0 radical (unpaired) electrons. The SMILES string of the molecule is CNc1nc(C)nnc1-c1ccc2c(c1)CCC2. The van der Waals surface area contributed by atoms with E-state index in [9.17, 15) is 0 Å². The zero-order valence-electron chi connectivity index (χ0n) is 10.7. The van der Waals surface area contributed by atoms with E-state index in [1.807, 2.05) is 14.0 Å². The van der Waals surface area contributed by atoms with Crippen molar-refractivity contribution in [3.63, 3.8) is 0 Å². The number of hydrogen-bond donors (Lipinski definition) is 1. The van der Waals surface area contributed by atoms with Crippen LogP contribution in [0, 0.1) is 6.92 Å². The zero-order valence-corrected chi connectivity index (χ0v) is 10.7. The minimum atomic E-state index is 0.685. The summed E-state index contributed by atoms with van der Waals surface area (Å²) in [4.78, 5) is 4.38. The van der Waals surface area contributed by atoms with Crippen LogP contribution in [0.4, 0.5) is 5.82 Å². The average Bonchev–Trinajstić information content (AvgIpc) is 2.85. The number of hydrogen-bond acceptors (Lipinski definition) is 4. The van der Waals surface area contributed by atoms with E-state index >= 15 is 0 Å². The third-order valence-corrected chi connectivity index (χ3v) is 3.40. The van der Waals surface area contributed by atoms with Crippen molar-refractivity contribution in [2.45, 2.75) is 26.2 Å². The maximum atomic E-state index is 4.38. The van der Waals surface area contributed by atoms with E-state index in [2.05, 4.69) is 38.7 Å². The molecule has 0 unspecified atom stereocenters. The van der Waals surface area contributed by atoms with Gasteiger partial charge in [0.2, 0.25) is 0 Å². The van der Waals surface area contributed by atoms with Gasteiger partial charge in [-0.2, -0.15) is 0 Å². The van der Waals surface area contributed by atoms with Crippen molar-refractivity contribution in [1.82, 2.24) is 15.2 Å². The predicted molar refractivity (Wildman–Crippen MR) is 71.6 cm³/mol. The van der Waals surface area contributed by atoms with Gasteiger partial charge < -0.3 is 5.32 Å². The second-order valence-electron chi connectivity index (χ2n) is 4.64. The fourth-order valence-electron chi connectivity index (χ4n) is 2.49. The maximum Gasteiger partial charge on any atom is 0.156 e. The van der Waals surface area contributed by atoms with Crippen LogP contribution < -0.4 is 5.32 Å². The summed E-state index contributed by atoms with van der Waals surface area (Å²) in [7, 11) is 1.86. The third-order valence-electron chi connectivity index (χ3n) is 3.40. The molecule has 3 rings (SSSR count). The minimum absolute atomic E-state index is 0.685. The van der Waals surface area contributed by atoms with Crippen molar-refractivity contribution in [3.8, 4) is 11.3 Å². The van der Waals surface area contributed by atoms with Gasteiger partial charge in [-0.25, -0.2) is 4.98 Å². The quantitative estimate of drug-likeness (QED) is 0.875. The first-order valence-electron chi connectivity index (χ1n) is 6.29. The van der Waals surface area contributed by atoms with Crippen LogP contribution in [0.5, 0.6) is 0 Å². The normalized spacial score (nSPS) is 13.4. The molecule has 1 aromatic heterocycles. The summed E-state index contributed by atoms with van der Waals surface area (Å²) < 4.78 is 0. The fourth-order valence-corrected chi connectivity index (χ4v) is 2.49. The molecular weight excluding hydrogens is 224 g/mol. The van der Waals surface area contributed by atoms with Crippen molar-refractivity contribution >= 4 is 5.82 Å². The van der Waals surface area contributed by atoms with E-state index in [0.29, 0.717) is 5.82 Å². The van der Waals surface area contributed by atoms with E-state index in [1.165, 1.54) is 30.4 Å². The van der Waals surface area contributed by atoms with Crippen LogP contribution in [0.25, 0.3) is 11.3 Å². The van der Waals surface area contributed by atoms with E-state index in [-0.39, 0.29) is 0 Å². The number of anilines is 1. The van der Waals surface area contributed by atoms with Crippen LogP contribution in [0.2, 0.25) is 0 Å². The van der Waals surface area contributed by atoms with Gasteiger partial charge in [0.25, 0.3) is 0 Å². The maximum absolute atomic E-state index is 4.38. The summed E-state index contributed by atoms with van der Waals surface area (Å²) in [5.41, 5.74) is 4.84. The first-order valence-corrected chi connectivity index (χ1v) is 6.29. The van der Waals surface area contributed by atoms with Crippen LogP contribution in [0.1, 0.15) is 23.4 Å². The molecule has 0 aliphatic heterocycles. The first kappa shape index (κ1) is 11.1. The molecule has 0 atom stereocenters. The second-order valence-corrected chi connectivity index (χ2v) is 4.64. The van der Waals surface area contributed by atoms with Crippen molar-refractivity contribution in [2.24, 2.45) is 0 Å². The summed E-state index contributed by atoms with van der Waals surface area (Å²) in [5.74, 6) is 1.48. The number of aromatic nitrogens is 3. The second kappa shape index (κ2) is 4.37. The summed E-state index contributed by atoms with van der Waals surface area (Å²) in [6, 6.07) is 6.55. The first-order chi connectivity index (χ1) is 8.78. The van der Waals surface area contributed by atoms with Gasteiger partial charge in [0.1, 0.15) is 11.5 Å². The van der Waals surface area contributed by atoms with Gasteiger partial charge in [-0.1, -0.05) is 12.1 Å². The van der Waals surface area contributed by atoms with Crippen LogP contribution >= 0.6 is 0 Å². The topological polar surface area (TPSA) is 50.7 Å². The number of aryl methyl sites for hydroxylation is 3. The molecule has 0 bridgehead atoms. The molecule has 1 aliphatic rings. The lowest BCUT2D eigenvalue weighted by molar-refractivity contribution is 0.911. The van der Waals surface area contributed by atoms with Crippen LogP contribution in [-0.2, 0) is 12.8 Å². The monoisotopic (exact) mass is 240 g/mol. The molecule has 1 aromatic carbocycles. The molecule has 92 valence electrons. The van der Waals surface area contributed by atoms with Gasteiger partial charge in [0, 0.05) is 12.6 Å². The fraction of sp³-hybridized carbons (Fsp3) is 0.357. The van der Waals surface area contributed by atoms with Crippen LogP contribution in [0.3, 0.4) is 0 Å². The Bertz CT molecular complexity index is 592. The van der Waals surface area contributed by atoms with Gasteiger partial charge in [0.05, 0.1) is 0 Å². The Morgan fingerprint density at radius 2 is 1.94 bits per heavy atom. The Morgan fingerprint density at radius 3 is 2.78 bits per heavy atom. The minimum Gasteiger partial charge on any atom is -0.371 e. The highest BCUT2D eigenvalue weighted by molar-refractivity contribution is 5.71. The number of benzene rings is 1. The highest BCUT2D eigenvalue weighted by Crippen LogP contribution is 2.29. The van der Waals surface area contributed by atoms with Crippen molar-refractivity contribution in [1.29, 1.82) is 0 Å². The molecule has 4 heteroatoms. The summed E-state index contributed by atoms with van der Waals surface area (Å²) in [5, 5.41) is 11.4. The molecule has 4 nitrogen and oxygen atoms in total. The van der Waals surface area contributed by atoms with Gasteiger partial charge in [0.15, 0.2) is 5.82 Å². The Kier molecular flexibility index (Phi) is 2.70. The molecule has 18 heavy (non-hydrogen) atoms. The lowest BCUT2D eigenvalue weighted by Crippen LogP contribution is -2.03. The van der Waals surface area contributed by atoms with Crippen LogP contribution in [0.15, 0.2) is 18.2 Å². The lowest BCUT2D eigenvalue weighted by Gasteiger charge is -2.08. The molecule has 1 heterocycles. The summed E-state index contributed by atoms with van der Waals surface area (Å²) in [6.07, 6.45) is 3.63. The van der Waals surface area contributed by atoms with Crippen LogP contribution in [-0.4, -0.2) is 22.2 Å². The Balaban J connectivity index is 2.09. The Morgan fingerprint density at radius 1 is 1.11 bits per heavy atom. The van der Waals surface area contributed by atoms with Crippen molar-refractivity contribution in [3.05, 3.63) is 35.2 Å². The Hall–Kier alpha value is -1.97. The standard InChI is InChI=1S/C14H16N4/c1-9-16-14(15-2)13(18-17-9)12-7-6-10-4-3-5-11(10)8-12/h6-8H,3-5H2,1-2H3,(H,15,16,17). The molecule has 0 saturated heterocycles. The summed E-state index contributed by atoms with van der Waals surface area (Å²) in [6.45, 7) is 1.85. The molecule has 1 N–H and O–H groups in total. The molecule has 0 amide bonds. The number of nitrogens with zero attached hydrogens (tertiary/aromatic N) is 3. The molecule has 1 aliphatic carbocycles. The third kappa shape index (κ3) is 1.83. The van der Waals surface area contributed by atoms with E-state index < -0.39 is 0 Å². The Labute approximate surface area is 106 Å². The van der Waals surface area contributed by atoms with Gasteiger partial charge in [-0.15, -0.1) is 10.2 Å². The molecule has 0 spiro atoms. The van der Waals surface area contributed by atoms with Gasteiger partial charge in [-0.3, -0.25) is 0 Å². The molecular formula is C14H16N4. The molecule has 0 saturated carbocycles. The number of rotatable bonds is 2. The molecule has 2 aromatic rings. The average molecular weight is 240 g/mol. The van der Waals surface area contributed by atoms with E-state index in [1.54, 1.807) is 0 Å². The predicted octanol–water partition coefficient (Wildman–Crippen LogP) is 2.38. The largest absolute Gasteiger partial charge is 0.371 e. The van der Waals surface area contributed by atoms with E-state index in [0.717, 1.165) is 17.1 Å². The van der Waals surface area contributed by atoms with Crippen molar-refractivity contribution in [2.75, 3.05) is 12.4 Å². The van der Waals surface area contributed by atoms with E-state index in [4.69, 9.17) is 0 Å². The zero-order chi connectivity index (χ0) is 12.5. The smallest absolute Gasteiger partial charge is 0.156 e. The molecule has 0 fully saturated rings. The lowest BCUT2D eigenvalue weighted by atomic mass is 10.0. The number of fused-ring (bicyclic) bond motifs is 1. The van der Waals surface area contributed by atoms with Crippen molar-refractivity contribution < 1.29 is 0 Å². The number of nitrogens with one attached hydrogen (secondary N) is 1. The van der Waals surface area contributed by atoms with Gasteiger partial charge >= 0.3 is 0 Å². The highest BCUT2D eigenvalue weighted by atomic mass is 15.2. The summed E-state index contributed by atoms with van der Waals surface area (Å²) >= 11 is 0. The highest BCUT2D eigenvalue weighted by Gasteiger charge is 2.14. The van der Waals surface area contributed by atoms with Gasteiger partial charge in [-0.05, 0) is 43.4 Å².